The first-order chi connectivity index (χ1) is 32.4. The molecule has 2 N–H and O–H groups in total. The number of piperidine rings is 1. The summed E-state index contributed by atoms with van der Waals surface area (Å²) in [5.41, 5.74) is 1.31. The maximum absolute atomic E-state index is 14.5. The minimum Gasteiger partial charge on any atom is -0.460 e. The zero-order chi connectivity index (χ0) is 51.4. The predicted molar refractivity (Wildman–Crippen MR) is 267 cm³/mol. The smallest absolute Gasteiger partial charge is 0.329 e. The monoisotopic (exact) mass is 986 g/mol. The number of fused-ring (bicyclic) bond motifs is 3. The molecule has 390 valence electrons. The third-order valence-electron chi connectivity index (χ3n) is 14.9. The number of ether oxygens (including phenoxy) is 5. The van der Waals surface area contributed by atoms with E-state index in [-0.39, 0.29) is 60.7 Å². The Kier molecular flexibility index (Phi) is 22.4. The summed E-state index contributed by atoms with van der Waals surface area (Å²) in [4.78, 5) is 73.0. The number of allylic oxidation sites excluding steroid dienone is 6. The second-order valence-electron chi connectivity index (χ2n) is 21.8. The van der Waals surface area contributed by atoms with E-state index in [4.69, 9.17) is 28.1 Å². The van der Waals surface area contributed by atoms with E-state index in [1.165, 1.54) is 12.0 Å². The lowest BCUT2D eigenvalue weighted by Gasteiger charge is -2.42. The van der Waals surface area contributed by atoms with Crippen molar-refractivity contribution in [2.75, 3.05) is 27.9 Å². The van der Waals surface area contributed by atoms with Crippen LogP contribution in [0.15, 0.2) is 47.6 Å². The lowest BCUT2D eigenvalue weighted by Crippen LogP contribution is -2.61. The number of ketones is 3. The van der Waals surface area contributed by atoms with Crippen LogP contribution in [0.2, 0.25) is 19.6 Å². The lowest BCUT2D eigenvalue weighted by molar-refractivity contribution is -0.265. The van der Waals surface area contributed by atoms with Gasteiger partial charge >= 0.3 is 5.97 Å². The molecule has 14 nitrogen and oxygen atoms in total. The first-order valence-corrected chi connectivity index (χ1v) is 29.0. The van der Waals surface area contributed by atoms with E-state index in [0.717, 1.165) is 12.0 Å². The molecule has 2 bridgehead atoms. The highest BCUT2D eigenvalue weighted by Crippen LogP contribution is 2.38. The van der Waals surface area contributed by atoms with Crippen LogP contribution >= 0.6 is 0 Å². The number of carbonyl (C=O) groups is 5. The van der Waals surface area contributed by atoms with Crippen LogP contribution in [-0.4, -0.2) is 135 Å². The van der Waals surface area contributed by atoms with Crippen molar-refractivity contribution in [3.63, 3.8) is 0 Å². The summed E-state index contributed by atoms with van der Waals surface area (Å²) in [5.74, 6) is -7.24. The molecule has 3 aliphatic heterocycles. The number of hydrogen-bond donors (Lipinski definition) is 2. The Bertz CT molecular complexity index is 1870. The molecule has 15 atom stereocenters. The van der Waals surface area contributed by atoms with E-state index in [0.29, 0.717) is 63.4 Å². The van der Waals surface area contributed by atoms with Gasteiger partial charge in [-0.25, -0.2) is 4.79 Å². The molecule has 69 heavy (non-hydrogen) atoms. The molecule has 3 fully saturated rings. The molecule has 1 amide bonds. The number of esters is 1. The van der Waals surface area contributed by atoms with Crippen molar-refractivity contribution in [3.8, 4) is 0 Å². The zero-order valence-electron chi connectivity index (χ0n) is 44.1. The van der Waals surface area contributed by atoms with Gasteiger partial charge in [0.05, 0.1) is 30.5 Å². The SMILES string of the molecule is CO[C@H]1CC2CC[C@@H](C)[C@@](O)(O2)C(=O)C(=O)N2CCCCC2C(=O)O[C@H]([C@H](C)C[C@@H]2CC[C@@H](O)[C@H](OC)C2)CC(=O)/C(C)=C/C(C)[C@@H](O[Si](C)(C)C)[C@@H](OC)C(=O)[C@H](C)C[C@H](C)C=CC=CC=C1C. The predicted octanol–water partition coefficient (Wildman–Crippen LogP) is 8.04. The van der Waals surface area contributed by atoms with Gasteiger partial charge in [-0.2, -0.15) is 0 Å². The summed E-state index contributed by atoms with van der Waals surface area (Å²) < 4.78 is 36.7. The number of hydrogen-bond acceptors (Lipinski definition) is 13. The third-order valence-corrected chi connectivity index (χ3v) is 15.9. The minimum atomic E-state index is -2.42. The highest BCUT2D eigenvalue weighted by atomic mass is 28.4. The van der Waals surface area contributed by atoms with E-state index in [1.54, 1.807) is 28.1 Å². The average Bonchev–Trinajstić information content (AvgIpc) is 3.30. The Morgan fingerprint density at radius 2 is 1.58 bits per heavy atom. The van der Waals surface area contributed by atoms with Crippen molar-refractivity contribution in [2.45, 2.75) is 200 Å². The van der Waals surface area contributed by atoms with Crippen LogP contribution in [0.5, 0.6) is 0 Å². The van der Waals surface area contributed by atoms with Crippen molar-refractivity contribution in [3.05, 3.63) is 47.6 Å². The van der Waals surface area contributed by atoms with Crippen molar-refractivity contribution >= 4 is 37.5 Å². The van der Waals surface area contributed by atoms with Crippen LogP contribution in [0.1, 0.15) is 126 Å². The molecule has 3 unspecified atom stereocenters. The maximum atomic E-state index is 14.5. The highest BCUT2D eigenvalue weighted by molar-refractivity contribution is 6.69. The number of aliphatic hydroxyl groups excluding tert-OH is 1. The Labute approximate surface area is 414 Å². The van der Waals surface area contributed by atoms with Crippen molar-refractivity contribution in [1.29, 1.82) is 0 Å². The van der Waals surface area contributed by atoms with Gasteiger partial charge in [-0.05, 0) is 127 Å². The molecule has 0 aromatic carbocycles. The molecule has 0 radical (unpaired) electrons. The first-order valence-electron chi connectivity index (χ1n) is 25.6. The van der Waals surface area contributed by atoms with Crippen LogP contribution in [0.3, 0.4) is 0 Å². The number of rotatable bonds is 8. The molecule has 4 rings (SSSR count). The molecule has 4 aliphatic rings. The lowest BCUT2D eigenvalue weighted by atomic mass is 9.78. The number of Topliss-reactive ketones (excluding diaryl/α,β-unsaturated/α-hetero) is 3. The molecular weight excluding hydrogens is 899 g/mol. The number of cyclic esters (lactones) is 1. The van der Waals surface area contributed by atoms with E-state index < -0.39 is 86.3 Å². The number of nitrogens with zero attached hydrogens (tertiary/aromatic N) is 1. The molecule has 0 spiro atoms. The van der Waals surface area contributed by atoms with E-state index >= 15 is 0 Å². The molecule has 0 aromatic rings. The van der Waals surface area contributed by atoms with Crippen LogP contribution in [0.4, 0.5) is 0 Å². The summed E-state index contributed by atoms with van der Waals surface area (Å²) >= 11 is 0. The summed E-state index contributed by atoms with van der Waals surface area (Å²) in [6.07, 6.45) is 12.7. The molecule has 3 heterocycles. The topological polar surface area (TPSA) is 184 Å². The maximum Gasteiger partial charge on any atom is 0.329 e. The minimum absolute atomic E-state index is 0.0583. The van der Waals surface area contributed by atoms with Gasteiger partial charge in [0.25, 0.3) is 11.7 Å². The molecule has 2 saturated heterocycles. The van der Waals surface area contributed by atoms with Gasteiger partial charge in [0.1, 0.15) is 18.2 Å². The second-order valence-corrected chi connectivity index (χ2v) is 26.3. The highest BCUT2D eigenvalue weighted by Gasteiger charge is 2.53. The fourth-order valence-electron chi connectivity index (χ4n) is 10.7. The summed E-state index contributed by atoms with van der Waals surface area (Å²) in [6.45, 7) is 19.4. The van der Waals surface area contributed by atoms with Gasteiger partial charge in [0, 0.05) is 58.5 Å². The van der Waals surface area contributed by atoms with Crippen LogP contribution in [0.25, 0.3) is 0 Å². The summed E-state index contributed by atoms with van der Waals surface area (Å²) in [5, 5.41) is 22.5. The van der Waals surface area contributed by atoms with Crippen LogP contribution in [-0.2, 0) is 52.1 Å². The zero-order valence-corrected chi connectivity index (χ0v) is 45.1. The summed E-state index contributed by atoms with van der Waals surface area (Å²) in [6, 6.07) is -1.13. The molecule has 1 saturated carbocycles. The molecular formula is C54H87NO13Si. The Balaban J connectivity index is 1.76. The summed E-state index contributed by atoms with van der Waals surface area (Å²) in [7, 11) is 2.42. The van der Waals surface area contributed by atoms with Crippen LogP contribution in [0, 0.1) is 35.5 Å². The number of amides is 1. The van der Waals surface area contributed by atoms with E-state index in [2.05, 4.69) is 32.6 Å². The average molecular weight is 986 g/mol. The van der Waals surface area contributed by atoms with Gasteiger partial charge in [0.2, 0.25) is 5.79 Å². The second kappa shape index (κ2) is 26.5. The Hall–Kier alpha value is -3.15. The standard InChI is InChI=1S/C54H87NO13Si/c1-33-19-15-14-16-20-34(2)45(63-8)31-41-24-22-39(7)54(62,67-41)51(59)52(60)55-26-18-17-21-42(55)53(61)66-46(36(4)29-40-23-25-43(56)47(30-40)64-9)32-44(57)35(3)28-38(6)49(68-69(11,12)13)50(65-10)48(58)37(5)27-33/h14-16,19-20,28,33,36-43,45-47,49-50,56,62H,17-18,21-27,29-32H2,1-13H3/b16-14?,19-15?,34-20?,35-28+/t33-,36-,37-,38?,39-,40+,41?,42?,43-,45+,46+,47-,49-,50+,54-/m1/s1. The number of carbonyl (C=O) groups excluding carboxylic acids is 5. The van der Waals surface area contributed by atoms with Crippen molar-refractivity contribution < 1.29 is 62.3 Å². The molecule has 1 aliphatic carbocycles. The van der Waals surface area contributed by atoms with Gasteiger partial charge in [-0.3, -0.25) is 19.2 Å². The van der Waals surface area contributed by atoms with Gasteiger partial charge < -0.3 is 43.2 Å². The Morgan fingerprint density at radius 1 is 0.870 bits per heavy atom. The normalized spacial score (nSPS) is 37.3. The van der Waals surface area contributed by atoms with Gasteiger partial charge in [-0.1, -0.05) is 71.1 Å². The number of methoxy groups -OCH3 is 3. The fourth-order valence-corrected chi connectivity index (χ4v) is 11.9. The fraction of sp³-hybridized carbons (Fsp3) is 0.759. The quantitative estimate of drug-likeness (QED) is 0.135. The molecule has 0 aromatic heterocycles. The van der Waals surface area contributed by atoms with E-state index in [1.807, 2.05) is 58.1 Å². The first kappa shape index (κ1) is 58.4. The third kappa shape index (κ3) is 16.2. The van der Waals surface area contributed by atoms with E-state index in [9.17, 15) is 34.2 Å². The van der Waals surface area contributed by atoms with Crippen molar-refractivity contribution in [1.82, 2.24) is 4.90 Å². The van der Waals surface area contributed by atoms with Crippen LogP contribution < -0.4 is 0 Å². The van der Waals surface area contributed by atoms with Gasteiger partial charge in [-0.15, -0.1) is 0 Å². The largest absolute Gasteiger partial charge is 0.460 e. The number of aliphatic hydroxyl groups is 2. The van der Waals surface area contributed by atoms with Gasteiger partial charge in [0.15, 0.2) is 19.9 Å². The Morgan fingerprint density at radius 3 is 2.23 bits per heavy atom. The molecule has 15 heteroatoms. The van der Waals surface area contributed by atoms with Crippen molar-refractivity contribution in [2.24, 2.45) is 35.5 Å².